The van der Waals surface area contributed by atoms with Crippen molar-refractivity contribution in [1.82, 2.24) is 14.7 Å². The summed E-state index contributed by atoms with van der Waals surface area (Å²) < 4.78 is 72.4. The van der Waals surface area contributed by atoms with Crippen LogP contribution in [0.1, 0.15) is 54.2 Å². The van der Waals surface area contributed by atoms with Gasteiger partial charge in [0.25, 0.3) is 0 Å². The molecule has 3 amide bonds. The quantitative estimate of drug-likeness (QED) is 0.0842. The molecule has 12 N–H and O–H groups in total. The van der Waals surface area contributed by atoms with Gasteiger partial charge in [-0.2, -0.15) is 0 Å². The molecule has 0 heterocycles. The smallest absolute Gasteiger partial charge is 0.337 e. The predicted octanol–water partition coefficient (Wildman–Crippen LogP) is -0.298. The molecule has 0 aliphatic heterocycles. The van der Waals surface area contributed by atoms with Crippen LogP contribution in [0, 0.1) is 20.8 Å². The van der Waals surface area contributed by atoms with Crippen molar-refractivity contribution in [2.75, 3.05) is 19.6 Å². The Kier molecular flexibility index (Phi) is 16.8. The highest BCUT2D eigenvalue weighted by Crippen LogP contribution is 2.62. The molecule has 54 heavy (non-hydrogen) atoms. The van der Waals surface area contributed by atoms with E-state index in [1.54, 1.807) is 0 Å². The Morgan fingerprint density at radius 3 is 0.667 bits per heavy atom. The van der Waals surface area contributed by atoms with Gasteiger partial charge in [0.05, 0.1) is 0 Å². The summed E-state index contributed by atoms with van der Waals surface area (Å²) in [7, 11) is -33.5. The molecular weight excluding hydrogens is 852 g/mol. The van der Waals surface area contributed by atoms with Gasteiger partial charge in [-0.3, -0.25) is 41.8 Å². The molecule has 0 saturated heterocycles. The van der Waals surface area contributed by atoms with Gasteiger partial charge in [0.1, 0.15) is 0 Å². The number of hydrogen-bond donors (Lipinski definition) is 12. The Hall–Kier alpha value is -1.47. The molecule has 0 radical (unpaired) electrons. The van der Waals surface area contributed by atoms with Crippen molar-refractivity contribution in [1.29, 1.82) is 0 Å². The fraction of sp³-hybridized carbons (Fsp3) is 0.625. The molecule has 0 fully saturated rings. The Morgan fingerprint density at radius 2 is 0.556 bits per heavy atom. The summed E-state index contributed by atoms with van der Waals surface area (Å²) in [6, 6.07) is 0. The first-order chi connectivity index (χ1) is 23.8. The second-order valence-corrected chi connectivity index (χ2v) is 24.5. The summed E-state index contributed by atoms with van der Waals surface area (Å²) in [5.74, 6) is -2.92. The largest absolute Gasteiger partial charge is 0.342 e. The Labute approximate surface area is 308 Å². The van der Waals surface area contributed by atoms with Crippen molar-refractivity contribution < 1.29 is 100 Å². The second-order valence-electron chi connectivity index (χ2n) is 12.5. The number of amides is 3. The predicted molar refractivity (Wildman–Crippen MR) is 188 cm³/mol. The van der Waals surface area contributed by atoms with Gasteiger partial charge in [-0.25, -0.2) is 0 Å². The number of hydrogen-bond acceptors (Lipinski definition) is 9. The second kappa shape index (κ2) is 18.0. The van der Waals surface area contributed by atoms with E-state index in [1.807, 2.05) is 0 Å². The maximum atomic E-state index is 12.8. The van der Waals surface area contributed by atoms with Crippen molar-refractivity contribution in [2.45, 2.75) is 77.4 Å². The van der Waals surface area contributed by atoms with E-state index in [1.165, 1.54) is 20.8 Å². The zero-order chi connectivity index (χ0) is 42.9. The van der Waals surface area contributed by atoms with E-state index in [2.05, 4.69) is 0 Å². The number of benzene rings is 1. The number of rotatable bonds is 18. The molecule has 0 aliphatic carbocycles. The lowest BCUT2D eigenvalue weighted by Gasteiger charge is -2.33. The lowest BCUT2D eigenvalue weighted by molar-refractivity contribution is -0.130. The molecule has 1 rings (SSSR count). The normalized spacial score (nSPS) is 13.5. The van der Waals surface area contributed by atoms with Crippen LogP contribution in [0.2, 0.25) is 0 Å². The summed E-state index contributed by atoms with van der Waals surface area (Å²) in [4.78, 5) is 157. The van der Waals surface area contributed by atoms with E-state index in [-0.39, 0.29) is 33.4 Å². The molecule has 0 aliphatic rings. The minimum Gasteiger partial charge on any atom is -0.337 e. The SMILES string of the molecule is CC(=O)N(Cc1c(C)c(CN(CC(P(=O)(O)O)P(=O)(O)O)C(C)=O)c(C)c(CN(CC(P(=O)(O)O)P(=O)(O)O)C(C)=O)c1C)CC(P(=O)(O)O)P(=O)(O)O. The van der Waals surface area contributed by atoms with Crippen molar-refractivity contribution in [3.63, 3.8) is 0 Å². The Balaban J connectivity index is 4.23. The molecule has 312 valence electrons. The minimum atomic E-state index is -5.59. The molecule has 1 aromatic rings. The summed E-state index contributed by atoms with van der Waals surface area (Å²) in [5.41, 5.74) is 0.341. The lowest BCUT2D eigenvalue weighted by Crippen LogP contribution is -2.38. The van der Waals surface area contributed by atoms with Crippen LogP contribution < -0.4 is 0 Å². The van der Waals surface area contributed by atoms with Gasteiger partial charge in [-0.15, -0.1) is 0 Å². The summed E-state index contributed by atoms with van der Waals surface area (Å²) >= 11 is 0. The van der Waals surface area contributed by atoms with Gasteiger partial charge in [0.15, 0.2) is 16.2 Å². The highest BCUT2D eigenvalue weighted by atomic mass is 31.2. The average Bonchev–Trinajstić information content (AvgIpc) is 2.91. The van der Waals surface area contributed by atoms with Crippen molar-refractivity contribution in [3.8, 4) is 0 Å². The monoisotopic (exact) mass is 897 g/mol. The average molecular weight is 897 g/mol. The third-order valence-corrected chi connectivity index (χ3v) is 19.6. The van der Waals surface area contributed by atoms with E-state index in [9.17, 15) is 100 Å². The molecule has 0 saturated carbocycles. The van der Waals surface area contributed by atoms with Crippen molar-refractivity contribution in [2.24, 2.45) is 0 Å². The van der Waals surface area contributed by atoms with Crippen LogP contribution >= 0.6 is 45.6 Å². The first-order valence-electron chi connectivity index (χ1n) is 15.0. The Morgan fingerprint density at radius 1 is 0.407 bits per heavy atom. The van der Waals surface area contributed by atoms with Crippen molar-refractivity contribution in [3.05, 3.63) is 33.4 Å². The van der Waals surface area contributed by atoms with Crippen LogP contribution in [0.25, 0.3) is 0 Å². The third-order valence-electron chi connectivity index (χ3n) is 8.58. The Bertz CT molecular complexity index is 1600. The van der Waals surface area contributed by atoms with Crippen LogP contribution in [0.15, 0.2) is 0 Å². The third kappa shape index (κ3) is 13.9. The number of nitrogens with zero attached hydrogens (tertiary/aromatic N) is 3. The van der Waals surface area contributed by atoms with Crippen molar-refractivity contribution >= 4 is 63.3 Å². The van der Waals surface area contributed by atoms with Gasteiger partial charge in [-0.05, 0) is 54.2 Å². The van der Waals surface area contributed by atoms with E-state index in [0.29, 0.717) is 14.7 Å². The highest BCUT2D eigenvalue weighted by Gasteiger charge is 2.47. The van der Waals surface area contributed by atoms with Gasteiger partial charge < -0.3 is 73.4 Å². The first-order valence-corrected chi connectivity index (χ1v) is 25.1. The minimum absolute atomic E-state index is 0.00558. The fourth-order valence-corrected chi connectivity index (χ4v) is 12.6. The van der Waals surface area contributed by atoms with Crippen LogP contribution in [0.4, 0.5) is 0 Å². The van der Waals surface area contributed by atoms with Gasteiger partial charge >= 0.3 is 45.6 Å². The van der Waals surface area contributed by atoms with E-state index in [4.69, 9.17) is 0 Å². The molecule has 0 spiro atoms. The number of carbonyl (C=O) groups excluding carboxylic acids is 3. The topological polar surface area (TPSA) is 406 Å². The molecule has 0 bridgehead atoms. The molecule has 24 nitrogen and oxygen atoms in total. The fourth-order valence-electron chi connectivity index (χ4n) is 5.40. The summed E-state index contributed by atoms with van der Waals surface area (Å²) in [5, 5.41) is -8.10. The van der Waals surface area contributed by atoms with Gasteiger partial charge in [0.2, 0.25) is 17.7 Å². The van der Waals surface area contributed by atoms with Crippen LogP contribution in [-0.4, -0.2) is 127 Å². The van der Waals surface area contributed by atoms with Gasteiger partial charge in [0, 0.05) is 60.0 Å². The molecule has 0 unspecified atom stereocenters. The van der Waals surface area contributed by atoms with E-state index < -0.39 is 119 Å². The zero-order valence-corrected chi connectivity index (χ0v) is 34.9. The molecular formula is C24H45N3O21P6. The molecule has 0 atom stereocenters. The summed E-state index contributed by atoms with van der Waals surface area (Å²) in [6.07, 6.45) is 0. The molecule has 30 heteroatoms. The van der Waals surface area contributed by atoms with E-state index in [0.717, 1.165) is 20.8 Å². The van der Waals surface area contributed by atoms with Crippen LogP contribution in [0.3, 0.4) is 0 Å². The molecule has 1 aromatic carbocycles. The maximum absolute atomic E-state index is 12.8. The standard InChI is InChI=1S/C24H45N3O21P6/c1-13-19(7-25(16(4)28)10-22(49(31,32)33)50(34,35)36)14(2)21(9-27(18(6)30)12-24(53(43,44)45)54(46,47)48)15(3)20(13)8-26(17(5)29)11-23(51(37,38)39)52(40,41)42/h22-24H,7-12H2,1-6H3,(H2,31,32,33)(H2,34,35,36)(H2,37,38,39)(H2,40,41,42)(H2,43,44,45)(H2,46,47,48). The number of carbonyl (C=O) groups is 3. The first kappa shape index (κ1) is 50.5. The zero-order valence-electron chi connectivity index (χ0n) is 29.5. The van der Waals surface area contributed by atoms with Gasteiger partial charge in [-0.1, -0.05) is 0 Å². The van der Waals surface area contributed by atoms with E-state index >= 15 is 0 Å². The lowest BCUT2D eigenvalue weighted by atomic mass is 9.87. The highest BCUT2D eigenvalue weighted by molar-refractivity contribution is 7.71. The summed E-state index contributed by atoms with van der Waals surface area (Å²) in [6.45, 7) is 0.967. The van der Waals surface area contributed by atoms with Crippen LogP contribution in [-0.2, 0) is 61.4 Å². The maximum Gasteiger partial charge on any atom is 0.342 e. The van der Waals surface area contributed by atoms with Crippen LogP contribution in [0.5, 0.6) is 0 Å². The molecule has 0 aromatic heterocycles.